The van der Waals surface area contributed by atoms with Crippen molar-refractivity contribution in [3.8, 4) is 0 Å². The number of carbonyl (C=O) groups is 2. The molecule has 0 aromatic rings. The highest BCUT2D eigenvalue weighted by Gasteiger charge is 2.39. The number of rotatable bonds is 5. The fourth-order valence-electron chi connectivity index (χ4n) is 1.97. The Morgan fingerprint density at radius 3 is 2.31 bits per heavy atom. The van der Waals surface area contributed by atoms with Gasteiger partial charge in [-0.3, -0.25) is 4.79 Å². The second kappa shape index (κ2) is 4.41. The molecule has 1 amide bonds. The minimum Gasteiger partial charge on any atom is -0.480 e. The van der Waals surface area contributed by atoms with Gasteiger partial charge in [0.25, 0.3) is 0 Å². The maximum Gasteiger partial charge on any atom is 0.326 e. The first kappa shape index (κ1) is 11.4. The zero-order valence-electron chi connectivity index (χ0n) is 9.40. The molecule has 1 heterocycles. The molecule has 1 aliphatic carbocycles. The van der Waals surface area contributed by atoms with Gasteiger partial charge in [0.15, 0.2) is 0 Å². The molecule has 0 spiro atoms. The zero-order valence-corrected chi connectivity index (χ0v) is 9.40. The summed E-state index contributed by atoms with van der Waals surface area (Å²) in [7, 11) is 0. The molecule has 1 saturated heterocycles. The van der Waals surface area contributed by atoms with Crippen molar-refractivity contribution < 1.29 is 14.7 Å². The van der Waals surface area contributed by atoms with Crippen LogP contribution in [0.25, 0.3) is 0 Å². The molecule has 16 heavy (non-hydrogen) atoms. The van der Waals surface area contributed by atoms with Gasteiger partial charge in [-0.1, -0.05) is 6.92 Å². The number of carboxylic acid groups (broad SMARTS) is 1. The first-order valence-electron chi connectivity index (χ1n) is 5.83. The normalized spacial score (nSPS) is 24.3. The molecule has 5 nitrogen and oxygen atoms in total. The summed E-state index contributed by atoms with van der Waals surface area (Å²) in [6.07, 6.45) is 1.83. The van der Waals surface area contributed by atoms with Crippen LogP contribution in [0.5, 0.6) is 0 Å². The second-order valence-corrected chi connectivity index (χ2v) is 4.87. The van der Waals surface area contributed by atoms with E-state index in [2.05, 4.69) is 10.6 Å². The van der Waals surface area contributed by atoms with Gasteiger partial charge in [-0.25, -0.2) is 4.79 Å². The molecule has 3 N–H and O–H groups in total. The van der Waals surface area contributed by atoms with Crippen molar-refractivity contribution in [1.29, 1.82) is 0 Å². The van der Waals surface area contributed by atoms with Crippen LogP contribution in [0.4, 0.5) is 0 Å². The van der Waals surface area contributed by atoms with Gasteiger partial charge in [-0.2, -0.15) is 0 Å². The lowest BCUT2D eigenvalue weighted by Crippen LogP contribution is -2.52. The number of hydrogen-bond donors (Lipinski definition) is 3. The number of nitrogens with one attached hydrogen (secondary N) is 2. The highest BCUT2D eigenvalue weighted by Crippen LogP contribution is 2.33. The Bertz CT molecular complexity index is 298. The van der Waals surface area contributed by atoms with Gasteiger partial charge in [0.05, 0.1) is 0 Å². The van der Waals surface area contributed by atoms with Crippen molar-refractivity contribution in [1.82, 2.24) is 10.6 Å². The fraction of sp³-hybridized carbons (Fsp3) is 0.818. The minimum absolute atomic E-state index is 0.0955. The molecular formula is C11H18N2O3. The first-order valence-corrected chi connectivity index (χ1v) is 5.83. The molecule has 2 unspecified atom stereocenters. The smallest absolute Gasteiger partial charge is 0.326 e. The lowest BCUT2D eigenvalue weighted by molar-refractivity contribution is -0.143. The van der Waals surface area contributed by atoms with E-state index in [-0.39, 0.29) is 17.7 Å². The van der Waals surface area contributed by atoms with Gasteiger partial charge in [0, 0.05) is 5.92 Å². The molecule has 2 atom stereocenters. The van der Waals surface area contributed by atoms with Crippen molar-refractivity contribution in [3.63, 3.8) is 0 Å². The topological polar surface area (TPSA) is 78.4 Å². The lowest BCUT2D eigenvalue weighted by atomic mass is 9.88. The Morgan fingerprint density at radius 2 is 1.94 bits per heavy atom. The third-order valence-corrected chi connectivity index (χ3v) is 3.59. The van der Waals surface area contributed by atoms with Gasteiger partial charge in [0.1, 0.15) is 6.04 Å². The summed E-state index contributed by atoms with van der Waals surface area (Å²) in [5.41, 5.74) is 0. The molecule has 5 heteroatoms. The van der Waals surface area contributed by atoms with Crippen LogP contribution in [0, 0.1) is 17.8 Å². The van der Waals surface area contributed by atoms with E-state index in [1.54, 1.807) is 0 Å². The Morgan fingerprint density at radius 1 is 1.31 bits per heavy atom. The Hall–Kier alpha value is -1.10. The summed E-state index contributed by atoms with van der Waals surface area (Å²) >= 11 is 0. The highest BCUT2D eigenvalue weighted by atomic mass is 16.4. The number of carbonyl (C=O) groups excluding carboxylic acids is 1. The van der Waals surface area contributed by atoms with Crippen molar-refractivity contribution in [2.75, 3.05) is 13.1 Å². The van der Waals surface area contributed by atoms with Gasteiger partial charge < -0.3 is 15.7 Å². The monoisotopic (exact) mass is 226 g/mol. The summed E-state index contributed by atoms with van der Waals surface area (Å²) in [5.74, 6) is -0.621. The first-order chi connectivity index (χ1) is 7.59. The van der Waals surface area contributed by atoms with Crippen LogP contribution < -0.4 is 10.6 Å². The van der Waals surface area contributed by atoms with Crippen molar-refractivity contribution in [2.24, 2.45) is 17.8 Å². The lowest BCUT2D eigenvalue weighted by Gasteiger charge is -2.32. The second-order valence-electron chi connectivity index (χ2n) is 4.87. The van der Waals surface area contributed by atoms with E-state index in [1.165, 1.54) is 0 Å². The molecule has 2 aliphatic rings. The summed E-state index contributed by atoms with van der Waals surface area (Å²) in [4.78, 5) is 22.8. The van der Waals surface area contributed by atoms with Crippen molar-refractivity contribution in [3.05, 3.63) is 0 Å². The Balaban J connectivity index is 1.86. The van der Waals surface area contributed by atoms with Gasteiger partial charge in [0.2, 0.25) is 5.91 Å². The summed E-state index contributed by atoms with van der Waals surface area (Å²) in [6, 6.07) is -0.678. The Labute approximate surface area is 94.6 Å². The van der Waals surface area contributed by atoms with E-state index in [1.807, 2.05) is 6.92 Å². The largest absolute Gasteiger partial charge is 0.480 e. The van der Waals surface area contributed by atoms with Crippen LogP contribution in [0.2, 0.25) is 0 Å². The molecule has 1 aliphatic heterocycles. The molecule has 0 aromatic heterocycles. The summed E-state index contributed by atoms with van der Waals surface area (Å²) in [5, 5.41) is 14.8. The van der Waals surface area contributed by atoms with Crippen LogP contribution in [-0.2, 0) is 9.59 Å². The van der Waals surface area contributed by atoms with Gasteiger partial charge in [-0.05, 0) is 37.8 Å². The number of aliphatic carboxylic acids is 1. The number of amides is 1. The maximum absolute atomic E-state index is 11.8. The Kier molecular flexibility index (Phi) is 3.14. The van der Waals surface area contributed by atoms with Crippen LogP contribution in [0.1, 0.15) is 19.8 Å². The third-order valence-electron chi connectivity index (χ3n) is 3.59. The highest BCUT2D eigenvalue weighted by molar-refractivity contribution is 5.85. The standard InChI is InChI=1S/C11H18N2O3/c1-6(8-4-12-5-8)10(14)13-9(11(15)16)7-2-3-7/h6-9,12H,2-5H2,1H3,(H,13,14)(H,15,16). The van der Waals surface area contributed by atoms with E-state index in [0.29, 0.717) is 5.92 Å². The average molecular weight is 226 g/mol. The number of hydrogen-bond acceptors (Lipinski definition) is 3. The molecule has 0 bridgehead atoms. The van der Waals surface area contributed by atoms with Crippen LogP contribution in [0.3, 0.4) is 0 Å². The molecule has 2 fully saturated rings. The maximum atomic E-state index is 11.8. The van der Waals surface area contributed by atoms with Gasteiger partial charge in [-0.15, -0.1) is 0 Å². The molecular weight excluding hydrogens is 208 g/mol. The van der Waals surface area contributed by atoms with E-state index in [0.717, 1.165) is 25.9 Å². The fourth-order valence-corrected chi connectivity index (χ4v) is 1.97. The third kappa shape index (κ3) is 2.35. The van der Waals surface area contributed by atoms with E-state index in [4.69, 9.17) is 5.11 Å². The predicted molar refractivity (Wildman–Crippen MR) is 57.8 cm³/mol. The van der Waals surface area contributed by atoms with Crippen LogP contribution in [-0.4, -0.2) is 36.1 Å². The minimum atomic E-state index is -0.908. The van der Waals surface area contributed by atoms with Crippen LogP contribution >= 0.6 is 0 Å². The van der Waals surface area contributed by atoms with Crippen molar-refractivity contribution >= 4 is 11.9 Å². The molecule has 0 radical (unpaired) electrons. The van der Waals surface area contributed by atoms with E-state index >= 15 is 0 Å². The quantitative estimate of drug-likeness (QED) is 0.607. The average Bonchev–Trinajstić information content (AvgIpc) is 2.93. The summed E-state index contributed by atoms with van der Waals surface area (Å²) in [6.45, 7) is 3.58. The van der Waals surface area contributed by atoms with Crippen LogP contribution in [0.15, 0.2) is 0 Å². The molecule has 90 valence electrons. The summed E-state index contributed by atoms with van der Waals surface area (Å²) < 4.78 is 0. The van der Waals surface area contributed by atoms with E-state index < -0.39 is 12.0 Å². The SMILES string of the molecule is CC(C(=O)NC(C(=O)O)C1CC1)C1CNC1. The van der Waals surface area contributed by atoms with Gasteiger partial charge >= 0.3 is 5.97 Å². The molecule has 2 rings (SSSR count). The number of carboxylic acids is 1. The van der Waals surface area contributed by atoms with Crippen molar-refractivity contribution in [2.45, 2.75) is 25.8 Å². The van der Waals surface area contributed by atoms with E-state index in [9.17, 15) is 9.59 Å². The predicted octanol–water partition coefficient (Wildman–Crippen LogP) is -0.179. The zero-order chi connectivity index (χ0) is 11.7. The molecule has 1 saturated carbocycles. The molecule has 0 aromatic carbocycles.